The fraction of sp³-hybridized carbons (Fsp3) is 0.292. The zero-order chi connectivity index (χ0) is 36.4. The van der Waals surface area contributed by atoms with Crippen LogP contribution in [0.15, 0.2) is 134 Å². The van der Waals surface area contributed by atoms with Gasteiger partial charge in [0, 0.05) is 46.5 Å². The van der Waals surface area contributed by atoms with E-state index in [0.717, 1.165) is 85.9 Å². The second kappa shape index (κ2) is 14.5. The summed E-state index contributed by atoms with van der Waals surface area (Å²) in [5, 5.41) is 0. The lowest BCUT2D eigenvalue weighted by Crippen LogP contribution is -2.36. The molecule has 6 aromatic rings. The van der Waals surface area contributed by atoms with Gasteiger partial charge in [0.2, 0.25) is 0 Å². The van der Waals surface area contributed by atoms with Crippen molar-refractivity contribution in [1.82, 2.24) is 9.97 Å². The van der Waals surface area contributed by atoms with Crippen LogP contribution in [-0.4, -0.2) is 9.97 Å². The molecule has 0 amide bonds. The lowest BCUT2D eigenvalue weighted by Gasteiger charge is -2.45. The Morgan fingerprint density at radius 3 is 1.26 bits per heavy atom. The molecule has 268 valence electrons. The van der Waals surface area contributed by atoms with Crippen LogP contribution in [0.2, 0.25) is 0 Å². The fourth-order valence-corrected chi connectivity index (χ4v) is 9.63. The summed E-state index contributed by atoms with van der Waals surface area (Å²) in [6.07, 6.45) is 12.6. The Hall–Kier alpha value is -5.42. The number of rotatable bonds is 12. The monoisotopic (exact) mass is 698 g/mol. The van der Waals surface area contributed by atoms with Gasteiger partial charge in [-0.05, 0) is 85.3 Å². The topological polar surface area (TPSA) is 41.5 Å². The second-order valence-corrected chi connectivity index (χ2v) is 14.7. The molecule has 0 aliphatic carbocycles. The summed E-state index contributed by atoms with van der Waals surface area (Å²) in [6, 6.07) is 43.5. The molecule has 4 aromatic carbocycles. The molecule has 4 heterocycles. The van der Waals surface area contributed by atoms with Gasteiger partial charge in [-0.15, -0.1) is 0 Å². The summed E-state index contributed by atoms with van der Waals surface area (Å²) in [5.74, 6) is 3.56. The third-order valence-corrected chi connectivity index (χ3v) is 11.4. The first kappa shape index (κ1) is 34.7. The minimum absolute atomic E-state index is 0.0674. The van der Waals surface area contributed by atoms with E-state index in [1.807, 2.05) is 24.5 Å². The Labute approximate surface area is 315 Å². The van der Waals surface area contributed by atoms with E-state index in [1.54, 1.807) is 0 Å². The number of hydrogen-bond donors (Lipinski definition) is 0. The number of aromatic nitrogens is 2. The van der Waals surface area contributed by atoms with Crippen LogP contribution in [0.3, 0.4) is 0 Å². The van der Waals surface area contributed by atoms with Crippen molar-refractivity contribution in [3.05, 3.63) is 156 Å². The Morgan fingerprint density at radius 2 is 0.849 bits per heavy atom. The van der Waals surface area contributed by atoms with Crippen molar-refractivity contribution >= 4 is 34.4 Å². The van der Waals surface area contributed by atoms with Crippen LogP contribution in [0, 0.1) is 0 Å². The Morgan fingerprint density at radius 1 is 0.453 bits per heavy atom. The molecule has 0 fully saturated rings. The van der Waals surface area contributed by atoms with Crippen molar-refractivity contribution in [2.45, 2.75) is 89.9 Å². The highest BCUT2D eigenvalue weighted by Crippen LogP contribution is 2.57. The zero-order valence-electron chi connectivity index (χ0n) is 31.6. The van der Waals surface area contributed by atoms with E-state index in [2.05, 4.69) is 147 Å². The van der Waals surface area contributed by atoms with Gasteiger partial charge in [0.1, 0.15) is 23.1 Å². The van der Waals surface area contributed by atoms with Gasteiger partial charge in [-0.25, -0.2) is 9.97 Å². The average Bonchev–Trinajstić information content (AvgIpc) is 3.19. The zero-order valence-corrected chi connectivity index (χ0v) is 31.6. The number of ether oxygens (including phenoxy) is 1. The Balaban J connectivity index is 1.18. The molecule has 0 saturated carbocycles. The van der Waals surface area contributed by atoms with Gasteiger partial charge >= 0.3 is 0 Å². The highest BCUT2D eigenvalue weighted by Gasteiger charge is 2.44. The molecule has 8 rings (SSSR count). The maximum atomic E-state index is 6.74. The summed E-state index contributed by atoms with van der Waals surface area (Å²) in [6.45, 7) is 9.18. The highest BCUT2D eigenvalue weighted by atomic mass is 16.5. The lowest BCUT2D eigenvalue weighted by atomic mass is 9.66. The van der Waals surface area contributed by atoms with Crippen LogP contribution in [0.1, 0.15) is 101 Å². The maximum absolute atomic E-state index is 6.74. The molecule has 5 nitrogen and oxygen atoms in total. The van der Waals surface area contributed by atoms with Crippen LogP contribution in [0.25, 0.3) is 0 Å². The Kier molecular flexibility index (Phi) is 9.51. The van der Waals surface area contributed by atoms with Crippen molar-refractivity contribution in [2.24, 2.45) is 0 Å². The summed E-state index contributed by atoms with van der Waals surface area (Å²) >= 11 is 0. The quantitative estimate of drug-likeness (QED) is 0.127. The molecule has 53 heavy (non-hydrogen) atoms. The van der Waals surface area contributed by atoms with Gasteiger partial charge in [0.25, 0.3) is 0 Å². The van der Waals surface area contributed by atoms with Crippen molar-refractivity contribution in [3.63, 3.8) is 0 Å². The number of benzene rings is 4. The molecule has 0 atom stereocenters. The average molecular weight is 699 g/mol. The second-order valence-electron chi connectivity index (χ2n) is 14.7. The van der Waals surface area contributed by atoms with Gasteiger partial charge in [-0.1, -0.05) is 114 Å². The number of fused-ring (bicyclic) bond motifs is 4. The standard InChI is InChI=1S/C48H50N4O/c1-5-27-47(28-6-2)39-21-9-11-25-43(39)51(45-41(47)23-15-31-49-45)35-17-13-19-37(33-35)53-38-20-14-18-36(34-38)52-44-26-12-10-22-40(44)48(29-7-3,30-8-4)42-24-16-32-50-46(42)52/h9-26,31-34H,5-8,27-30H2,1-4H3. The van der Waals surface area contributed by atoms with Gasteiger partial charge < -0.3 is 4.74 Å². The summed E-state index contributed by atoms with van der Waals surface area (Å²) in [5.41, 5.74) is 9.66. The number of anilines is 6. The lowest BCUT2D eigenvalue weighted by molar-refractivity contribution is 0.422. The SMILES string of the molecule is CCCC1(CCC)c2ccccc2N(c2cccc(Oc3cccc(N4c5ccccc5C(CCC)(CCC)c5cccnc54)c3)c2)c2ncccc21. The van der Waals surface area contributed by atoms with Gasteiger partial charge in [0.15, 0.2) is 0 Å². The first-order chi connectivity index (χ1) is 26.1. The smallest absolute Gasteiger partial charge is 0.141 e. The van der Waals surface area contributed by atoms with Gasteiger partial charge in [0.05, 0.1) is 22.7 Å². The van der Waals surface area contributed by atoms with Crippen LogP contribution in [-0.2, 0) is 10.8 Å². The van der Waals surface area contributed by atoms with Crippen molar-refractivity contribution in [1.29, 1.82) is 0 Å². The van der Waals surface area contributed by atoms with E-state index in [0.29, 0.717) is 0 Å². The first-order valence-corrected chi connectivity index (χ1v) is 19.7. The van der Waals surface area contributed by atoms with E-state index < -0.39 is 0 Å². The minimum Gasteiger partial charge on any atom is -0.457 e. The number of nitrogens with zero attached hydrogens (tertiary/aromatic N) is 4. The third kappa shape index (κ3) is 5.78. The van der Waals surface area contributed by atoms with E-state index in [4.69, 9.17) is 14.7 Å². The van der Waals surface area contributed by atoms with Crippen molar-refractivity contribution < 1.29 is 4.74 Å². The van der Waals surface area contributed by atoms with Crippen molar-refractivity contribution in [3.8, 4) is 11.5 Å². The van der Waals surface area contributed by atoms with E-state index in [-0.39, 0.29) is 10.8 Å². The predicted molar refractivity (Wildman–Crippen MR) is 219 cm³/mol. The van der Waals surface area contributed by atoms with Crippen LogP contribution < -0.4 is 14.5 Å². The minimum atomic E-state index is -0.0674. The largest absolute Gasteiger partial charge is 0.457 e. The normalized spacial score (nSPS) is 14.9. The van der Waals surface area contributed by atoms with E-state index in [1.165, 1.54) is 33.6 Å². The number of hydrogen-bond acceptors (Lipinski definition) is 5. The molecular formula is C48H50N4O. The molecule has 0 bridgehead atoms. The molecule has 2 aliphatic heterocycles. The van der Waals surface area contributed by atoms with E-state index in [9.17, 15) is 0 Å². The first-order valence-electron chi connectivity index (χ1n) is 19.7. The number of para-hydroxylation sites is 2. The van der Waals surface area contributed by atoms with Crippen molar-refractivity contribution in [2.75, 3.05) is 9.80 Å². The molecule has 0 radical (unpaired) electrons. The predicted octanol–water partition coefficient (Wildman–Crippen LogP) is 13.6. The molecule has 2 aliphatic rings. The van der Waals surface area contributed by atoms with Gasteiger partial charge in [-0.2, -0.15) is 0 Å². The highest BCUT2D eigenvalue weighted by molar-refractivity contribution is 5.86. The fourth-order valence-electron chi connectivity index (χ4n) is 9.63. The van der Waals surface area contributed by atoms with Crippen LogP contribution >= 0.6 is 0 Å². The van der Waals surface area contributed by atoms with Gasteiger partial charge in [-0.3, -0.25) is 9.80 Å². The Bertz CT molecular complexity index is 1960. The van der Waals surface area contributed by atoms with Crippen LogP contribution in [0.4, 0.5) is 34.4 Å². The third-order valence-electron chi connectivity index (χ3n) is 11.4. The summed E-state index contributed by atoms with van der Waals surface area (Å²) in [4.78, 5) is 14.8. The molecule has 0 saturated heterocycles. The summed E-state index contributed by atoms with van der Waals surface area (Å²) < 4.78 is 6.74. The summed E-state index contributed by atoms with van der Waals surface area (Å²) in [7, 11) is 0. The number of pyridine rings is 2. The molecule has 5 heteroatoms. The molecule has 0 unspecified atom stereocenters. The molecule has 2 aromatic heterocycles. The molecular weight excluding hydrogens is 649 g/mol. The maximum Gasteiger partial charge on any atom is 0.141 e. The molecule has 0 N–H and O–H groups in total. The van der Waals surface area contributed by atoms with Crippen LogP contribution in [0.5, 0.6) is 11.5 Å². The van der Waals surface area contributed by atoms with E-state index >= 15 is 0 Å². The molecule has 0 spiro atoms.